The summed E-state index contributed by atoms with van der Waals surface area (Å²) in [4.78, 5) is 13.1. The molecule has 0 atom stereocenters. The summed E-state index contributed by atoms with van der Waals surface area (Å²) in [6, 6.07) is 0. The monoisotopic (exact) mass is 209 g/mol. The number of rotatable bonds is 2. The van der Waals surface area contributed by atoms with Crippen molar-refractivity contribution in [2.45, 2.75) is 6.43 Å². The number of carboxylic acid groups (broad SMARTS) is 1. The second kappa shape index (κ2) is 3.60. The van der Waals surface area contributed by atoms with Crippen LogP contribution in [0.4, 0.5) is 17.6 Å². The van der Waals surface area contributed by atoms with Gasteiger partial charge in [-0.15, -0.1) is 0 Å². The number of hydrogen-bond acceptors (Lipinski definition) is 2. The molecule has 0 spiro atoms. The number of halogens is 4. The van der Waals surface area contributed by atoms with Crippen molar-refractivity contribution in [3.05, 3.63) is 29.1 Å². The molecule has 0 aromatic carbocycles. The van der Waals surface area contributed by atoms with Crippen LogP contribution in [0.5, 0.6) is 0 Å². The maximum atomic E-state index is 12.9. The molecule has 0 aliphatic heterocycles. The summed E-state index contributed by atoms with van der Waals surface area (Å²) in [7, 11) is 0. The molecule has 0 amide bonds. The lowest BCUT2D eigenvalue weighted by Crippen LogP contribution is -2.09. The van der Waals surface area contributed by atoms with Gasteiger partial charge in [0.05, 0.1) is 11.8 Å². The van der Waals surface area contributed by atoms with E-state index in [-0.39, 0.29) is 6.20 Å². The molecule has 0 bridgehead atoms. The molecule has 1 aromatic rings. The molecular weight excluding hydrogens is 206 g/mol. The minimum atomic E-state index is -3.42. The summed E-state index contributed by atoms with van der Waals surface area (Å²) in [6.07, 6.45) is -3.18. The lowest BCUT2D eigenvalue weighted by atomic mass is 10.2. The highest BCUT2D eigenvalue weighted by molar-refractivity contribution is 5.85. The molecule has 1 rings (SSSR count). The lowest BCUT2D eigenvalue weighted by Gasteiger charge is -2.04. The van der Waals surface area contributed by atoms with Crippen molar-refractivity contribution in [1.29, 1.82) is 0 Å². The van der Waals surface area contributed by atoms with Crippen LogP contribution in [0.3, 0.4) is 0 Å². The lowest BCUT2D eigenvalue weighted by molar-refractivity contribution is 0.0682. The summed E-state index contributed by atoms with van der Waals surface area (Å²) in [5.74, 6) is -5.24. The molecule has 76 valence electrons. The van der Waals surface area contributed by atoms with Gasteiger partial charge in [-0.3, -0.25) is 0 Å². The van der Waals surface area contributed by atoms with Gasteiger partial charge >= 0.3 is 5.97 Å². The van der Waals surface area contributed by atoms with Crippen LogP contribution < -0.4 is 0 Å². The summed E-state index contributed by atoms with van der Waals surface area (Å²) in [6.45, 7) is 0. The van der Waals surface area contributed by atoms with Gasteiger partial charge in [0.1, 0.15) is 0 Å². The largest absolute Gasteiger partial charge is 0.476 e. The van der Waals surface area contributed by atoms with E-state index in [1.807, 2.05) is 0 Å². The van der Waals surface area contributed by atoms with Gasteiger partial charge in [-0.25, -0.2) is 27.3 Å². The zero-order valence-corrected chi connectivity index (χ0v) is 6.47. The van der Waals surface area contributed by atoms with E-state index in [9.17, 15) is 22.4 Å². The van der Waals surface area contributed by atoms with E-state index in [1.165, 1.54) is 0 Å². The standard InChI is InChI=1S/C7H3F4NO2/c8-2-1-12-5(7(13)14)4(9)3(2)6(10)11/h1,6H,(H,13,14). The first-order valence-electron chi connectivity index (χ1n) is 3.30. The summed E-state index contributed by atoms with van der Waals surface area (Å²) >= 11 is 0. The second-order valence-corrected chi connectivity index (χ2v) is 2.29. The number of hydrogen-bond donors (Lipinski definition) is 1. The third-order valence-corrected chi connectivity index (χ3v) is 1.43. The van der Waals surface area contributed by atoms with Gasteiger partial charge < -0.3 is 5.11 Å². The highest BCUT2D eigenvalue weighted by Crippen LogP contribution is 2.25. The molecular formula is C7H3F4NO2. The van der Waals surface area contributed by atoms with E-state index >= 15 is 0 Å². The van der Waals surface area contributed by atoms with E-state index < -0.39 is 35.3 Å². The third-order valence-electron chi connectivity index (χ3n) is 1.43. The molecule has 0 fully saturated rings. The van der Waals surface area contributed by atoms with Gasteiger partial charge in [-0.05, 0) is 0 Å². The highest BCUT2D eigenvalue weighted by atomic mass is 19.3. The molecule has 14 heavy (non-hydrogen) atoms. The van der Waals surface area contributed by atoms with Crippen LogP contribution in [0.1, 0.15) is 22.5 Å². The molecule has 3 nitrogen and oxygen atoms in total. The van der Waals surface area contributed by atoms with Crippen LogP contribution >= 0.6 is 0 Å². The predicted octanol–water partition coefficient (Wildman–Crippen LogP) is 2.00. The third kappa shape index (κ3) is 1.66. The SMILES string of the molecule is O=C(O)c1ncc(F)c(C(F)F)c1F. The van der Waals surface area contributed by atoms with Crippen molar-refractivity contribution in [3.8, 4) is 0 Å². The number of carboxylic acids is 1. The summed E-state index contributed by atoms with van der Waals surface area (Å²) in [5, 5.41) is 8.29. The van der Waals surface area contributed by atoms with E-state index in [2.05, 4.69) is 4.98 Å². The van der Waals surface area contributed by atoms with Crippen LogP contribution in [-0.2, 0) is 0 Å². The van der Waals surface area contributed by atoms with Crippen molar-refractivity contribution < 1.29 is 27.5 Å². The van der Waals surface area contributed by atoms with Gasteiger partial charge in [0.25, 0.3) is 6.43 Å². The van der Waals surface area contributed by atoms with Crippen LogP contribution in [0, 0.1) is 11.6 Å². The Bertz CT molecular complexity index is 380. The van der Waals surface area contributed by atoms with E-state index in [1.54, 1.807) is 0 Å². The van der Waals surface area contributed by atoms with Crippen molar-refractivity contribution in [1.82, 2.24) is 4.98 Å². The van der Waals surface area contributed by atoms with Crippen molar-refractivity contribution >= 4 is 5.97 Å². The number of aromatic carboxylic acids is 1. The molecule has 0 saturated heterocycles. The van der Waals surface area contributed by atoms with Gasteiger partial charge in [-0.2, -0.15) is 0 Å². The van der Waals surface area contributed by atoms with Crippen molar-refractivity contribution in [2.75, 3.05) is 0 Å². The van der Waals surface area contributed by atoms with Gasteiger partial charge in [0.2, 0.25) is 0 Å². The average molecular weight is 209 g/mol. The fraction of sp³-hybridized carbons (Fsp3) is 0.143. The maximum absolute atomic E-state index is 12.9. The minimum Gasteiger partial charge on any atom is -0.476 e. The van der Waals surface area contributed by atoms with Crippen LogP contribution in [0.2, 0.25) is 0 Å². The Labute approximate surface area is 75.0 Å². The van der Waals surface area contributed by atoms with E-state index in [0.717, 1.165) is 0 Å². The first-order chi connectivity index (χ1) is 6.45. The maximum Gasteiger partial charge on any atom is 0.357 e. The van der Waals surface area contributed by atoms with Gasteiger partial charge in [0.15, 0.2) is 17.3 Å². The fourth-order valence-electron chi connectivity index (χ4n) is 0.829. The molecule has 0 aliphatic rings. The average Bonchev–Trinajstić information content (AvgIpc) is 2.02. The van der Waals surface area contributed by atoms with E-state index in [0.29, 0.717) is 0 Å². The number of carbonyl (C=O) groups is 1. The zero-order valence-electron chi connectivity index (χ0n) is 6.47. The van der Waals surface area contributed by atoms with Crippen LogP contribution in [0.15, 0.2) is 6.20 Å². The topological polar surface area (TPSA) is 50.2 Å². The first kappa shape index (κ1) is 10.4. The van der Waals surface area contributed by atoms with E-state index in [4.69, 9.17) is 5.11 Å². The zero-order chi connectivity index (χ0) is 10.9. The van der Waals surface area contributed by atoms with Gasteiger partial charge in [-0.1, -0.05) is 0 Å². The minimum absolute atomic E-state index is 0.244. The predicted molar refractivity (Wildman–Crippen MR) is 36.1 cm³/mol. The normalized spacial score (nSPS) is 10.6. The highest BCUT2D eigenvalue weighted by Gasteiger charge is 2.25. The Morgan fingerprint density at radius 3 is 2.43 bits per heavy atom. The van der Waals surface area contributed by atoms with Gasteiger partial charge in [0, 0.05) is 0 Å². The van der Waals surface area contributed by atoms with Crippen molar-refractivity contribution in [3.63, 3.8) is 0 Å². The molecule has 1 aromatic heterocycles. The Balaban J connectivity index is 3.41. The Morgan fingerprint density at radius 2 is 2.00 bits per heavy atom. The summed E-state index contributed by atoms with van der Waals surface area (Å²) in [5.41, 5.74) is -2.79. The molecule has 1 N–H and O–H groups in total. The molecule has 0 unspecified atom stereocenters. The summed E-state index contributed by atoms with van der Waals surface area (Å²) < 4.78 is 49.5. The first-order valence-corrected chi connectivity index (χ1v) is 3.30. The molecule has 0 aliphatic carbocycles. The molecule has 7 heteroatoms. The number of aromatic nitrogens is 1. The molecule has 0 radical (unpaired) electrons. The molecule has 0 saturated carbocycles. The smallest absolute Gasteiger partial charge is 0.357 e. The fourth-order valence-corrected chi connectivity index (χ4v) is 0.829. The Hall–Kier alpha value is -1.66. The Morgan fingerprint density at radius 1 is 1.43 bits per heavy atom. The quantitative estimate of drug-likeness (QED) is 0.757. The number of pyridine rings is 1. The molecule has 1 heterocycles. The Kier molecular flexibility index (Phi) is 2.68. The van der Waals surface area contributed by atoms with Crippen molar-refractivity contribution in [2.24, 2.45) is 0 Å². The van der Waals surface area contributed by atoms with Crippen LogP contribution in [0.25, 0.3) is 0 Å². The van der Waals surface area contributed by atoms with Crippen LogP contribution in [-0.4, -0.2) is 16.1 Å². The number of nitrogens with zero attached hydrogens (tertiary/aromatic N) is 1. The second-order valence-electron chi connectivity index (χ2n) is 2.29. The number of alkyl halides is 2.